The lowest BCUT2D eigenvalue weighted by molar-refractivity contribution is 0.188. The molecule has 3 fully saturated rings. The number of anilines is 1. The van der Waals surface area contributed by atoms with Crippen molar-refractivity contribution in [2.24, 2.45) is 10.9 Å². The molecule has 0 radical (unpaired) electrons. The van der Waals surface area contributed by atoms with Crippen LogP contribution in [-0.2, 0) is 0 Å². The molecule has 7 heteroatoms. The number of hydrogen-bond acceptors (Lipinski definition) is 4. The monoisotopic (exact) mass is 540 g/mol. The number of guanidine groups is 1. The highest BCUT2D eigenvalue weighted by molar-refractivity contribution is 14.0. The average Bonchev–Trinajstić information content (AvgIpc) is 3.25. The van der Waals surface area contributed by atoms with E-state index in [2.05, 4.69) is 42.5 Å². The Morgan fingerprint density at radius 3 is 2.55 bits per heavy atom. The van der Waals surface area contributed by atoms with Crippen molar-refractivity contribution >= 4 is 35.8 Å². The standard InChI is InChI=1S/C24H40N6.HI/c1-25-24(28-21-12-16-29(17-13-21)23-11-5-6-14-26-23)27-18-22-10-7-15-30(22)19-20-8-3-2-4-9-20;/h5-6,11,14,20-22H,2-4,7-10,12-13,15-19H2,1H3,(H2,25,27,28);1H. The number of nitrogens with zero attached hydrogens (tertiary/aromatic N) is 4. The van der Waals surface area contributed by atoms with E-state index >= 15 is 0 Å². The lowest BCUT2D eigenvalue weighted by Crippen LogP contribution is -2.51. The number of rotatable bonds is 6. The molecule has 1 aliphatic carbocycles. The third-order valence-electron chi connectivity index (χ3n) is 7.25. The van der Waals surface area contributed by atoms with E-state index in [1.165, 1.54) is 58.0 Å². The summed E-state index contributed by atoms with van der Waals surface area (Å²) in [6.45, 7) is 5.69. The molecule has 6 nitrogen and oxygen atoms in total. The number of halogens is 1. The van der Waals surface area contributed by atoms with Crippen molar-refractivity contribution in [1.82, 2.24) is 20.5 Å². The topological polar surface area (TPSA) is 55.8 Å². The summed E-state index contributed by atoms with van der Waals surface area (Å²) in [5, 5.41) is 7.31. The van der Waals surface area contributed by atoms with Gasteiger partial charge in [-0.2, -0.15) is 0 Å². The van der Waals surface area contributed by atoms with Crippen LogP contribution in [0.15, 0.2) is 29.4 Å². The van der Waals surface area contributed by atoms with E-state index in [1.807, 2.05) is 19.3 Å². The zero-order valence-corrected chi connectivity index (χ0v) is 21.5. The number of aliphatic imine (C=N–C) groups is 1. The van der Waals surface area contributed by atoms with E-state index in [-0.39, 0.29) is 24.0 Å². The van der Waals surface area contributed by atoms with Gasteiger partial charge in [0.05, 0.1) is 0 Å². The van der Waals surface area contributed by atoms with Crippen molar-refractivity contribution in [2.45, 2.75) is 69.9 Å². The largest absolute Gasteiger partial charge is 0.356 e. The molecule has 0 amide bonds. The van der Waals surface area contributed by atoms with Crippen LogP contribution in [0.4, 0.5) is 5.82 Å². The zero-order valence-electron chi connectivity index (χ0n) is 19.1. The maximum absolute atomic E-state index is 4.51. The maximum Gasteiger partial charge on any atom is 0.191 e. The smallest absolute Gasteiger partial charge is 0.191 e. The molecule has 1 unspecified atom stereocenters. The second-order valence-corrected chi connectivity index (χ2v) is 9.34. The first-order valence-electron chi connectivity index (χ1n) is 12.2. The Balaban J connectivity index is 0.00000272. The molecule has 0 bridgehead atoms. The minimum absolute atomic E-state index is 0. The third-order valence-corrected chi connectivity index (χ3v) is 7.25. The van der Waals surface area contributed by atoms with Crippen molar-refractivity contribution in [3.63, 3.8) is 0 Å². The molecule has 1 atom stereocenters. The lowest BCUT2D eigenvalue weighted by Gasteiger charge is -2.34. The summed E-state index contributed by atoms with van der Waals surface area (Å²) in [4.78, 5) is 14.1. The first kappa shape index (κ1) is 24.6. The van der Waals surface area contributed by atoms with Gasteiger partial charge in [-0.3, -0.25) is 9.89 Å². The predicted octanol–water partition coefficient (Wildman–Crippen LogP) is 3.88. The Morgan fingerprint density at radius 2 is 1.84 bits per heavy atom. The molecule has 3 aliphatic rings. The van der Waals surface area contributed by atoms with Gasteiger partial charge in [0.2, 0.25) is 0 Å². The first-order chi connectivity index (χ1) is 14.8. The summed E-state index contributed by atoms with van der Waals surface area (Å²) >= 11 is 0. The minimum atomic E-state index is 0. The summed E-state index contributed by atoms with van der Waals surface area (Å²) in [5.41, 5.74) is 0. The number of pyridine rings is 1. The molecule has 2 saturated heterocycles. The molecule has 174 valence electrons. The van der Waals surface area contributed by atoms with Crippen molar-refractivity contribution in [3.05, 3.63) is 24.4 Å². The van der Waals surface area contributed by atoms with E-state index in [4.69, 9.17) is 0 Å². The number of nitrogens with one attached hydrogen (secondary N) is 2. The molecule has 0 spiro atoms. The first-order valence-corrected chi connectivity index (χ1v) is 12.2. The Hall–Kier alpha value is -1.09. The van der Waals surface area contributed by atoms with Crippen molar-refractivity contribution in [3.8, 4) is 0 Å². The molecular formula is C24H41IN6. The van der Waals surface area contributed by atoms with E-state index in [0.29, 0.717) is 12.1 Å². The van der Waals surface area contributed by atoms with Crippen LogP contribution in [0.3, 0.4) is 0 Å². The fourth-order valence-corrected chi connectivity index (χ4v) is 5.46. The van der Waals surface area contributed by atoms with E-state index in [0.717, 1.165) is 50.2 Å². The van der Waals surface area contributed by atoms with Crippen LogP contribution < -0.4 is 15.5 Å². The predicted molar refractivity (Wildman–Crippen MR) is 141 cm³/mol. The van der Waals surface area contributed by atoms with Crippen LogP contribution in [0.2, 0.25) is 0 Å². The molecule has 2 N–H and O–H groups in total. The van der Waals surface area contributed by atoms with Gasteiger partial charge in [0.25, 0.3) is 0 Å². The molecule has 1 aromatic heterocycles. The number of piperidine rings is 1. The molecule has 31 heavy (non-hydrogen) atoms. The van der Waals surface area contributed by atoms with Crippen LogP contribution >= 0.6 is 24.0 Å². The highest BCUT2D eigenvalue weighted by atomic mass is 127. The lowest BCUT2D eigenvalue weighted by atomic mass is 9.89. The SMILES string of the molecule is CN=C(NCC1CCCN1CC1CCCCC1)NC1CCN(c2ccccn2)CC1.I. The Bertz CT molecular complexity index is 655. The van der Waals surface area contributed by atoms with Crippen LogP contribution in [0, 0.1) is 5.92 Å². The molecular weight excluding hydrogens is 499 g/mol. The third kappa shape index (κ3) is 7.20. The van der Waals surface area contributed by atoms with Crippen LogP contribution in [0.5, 0.6) is 0 Å². The van der Waals surface area contributed by atoms with Gasteiger partial charge >= 0.3 is 0 Å². The highest BCUT2D eigenvalue weighted by Gasteiger charge is 2.28. The van der Waals surface area contributed by atoms with Gasteiger partial charge in [-0.1, -0.05) is 25.3 Å². The normalized spacial score (nSPS) is 24.1. The van der Waals surface area contributed by atoms with Crippen LogP contribution in [-0.4, -0.2) is 67.7 Å². The van der Waals surface area contributed by atoms with Crippen molar-refractivity contribution < 1.29 is 0 Å². The average molecular weight is 541 g/mol. The Labute approximate surface area is 205 Å². The minimum Gasteiger partial charge on any atom is -0.356 e. The van der Waals surface area contributed by atoms with Gasteiger partial charge < -0.3 is 15.5 Å². The van der Waals surface area contributed by atoms with E-state index < -0.39 is 0 Å². The summed E-state index contributed by atoms with van der Waals surface area (Å²) in [6.07, 6.45) is 14.0. The summed E-state index contributed by atoms with van der Waals surface area (Å²) < 4.78 is 0. The van der Waals surface area contributed by atoms with Gasteiger partial charge in [0, 0.05) is 51.5 Å². The van der Waals surface area contributed by atoms with Gasteiger partial charge in [0.1, 0.15) is 5.82 Å². The van der Waals surface area contributed by atoms with Crippen LogP contribution in [0.25, 0.3) is 0 Å². The molecule has 1 saturated carbocycles. The Morgan fingerprint density at radius 1 is 1.03 bits per heavy atom. The second kappa shape index (κ2) is 12.8. The zero-order chi connectivity index (χ0) is 20.6. The maximum atomic E-state index is 4.51. The number of hydrogen-bond donors (Lipinski definition) is 2. The molecule has 1 aromatic rings. The van der Waals surface area contributed by atoms with Crippen molar-refractivity contribution in [1.29, 1.82) is 0 Å². The van der Waals surface area contributed by atoms with E-state index in [1.54, 1.807) is 0 Å². The molecule has 2 aliphatic heterocycles. The molecule has 3 heterocycles. The van der Waals surface area contributed by atoms with Gasteiger partial charge in [-0.25, -0.2) is 4.98 Å². The fraction of sp³-hybridized carbons (Fsp3) is 0.750. The second-order valence-electron chi connectivity index (χ2n) is 9.34. The Kier molecular flexibility index (Phi) is 10.2. The fourth-order valence-electron chi connectivity index (χ4n) is 5.46. The highest BCUT2D eigenvalue weighted by Crippen LogP contribution is 2.27. The quantitative estimate of drug-likeness (QED) is 0.326. The van der Waals surface area contributed by atoms with E-state index in [9.17, 15) is 0 Å². The van der Waals surface area contributed by atoms with Crippen molar-refractivity contribution in [2.75, 3.05) is 44.7 Å². The summed E-state index contributed by atoms with van der Waals surface area (Å²) in [5.74, 6) is 3.00. The summed E-state index contributed by atoms with van der Waals surface area (Å²) in [6, 6.07) is 7.30. The van der Waals surface area contributed by atoms with Gasteiger partial charge in [-0.05, 0) is 63.1 Å². The number of likely N-dealkylation sites (tertiary alicyclic amines) is 1. The number of aromatic nitrogens is 1. The summed E-state index contributed by atoms with van der Waals surface area (Å²) in [7, 11) is 1.90. The van der Waals surface area contributed by atoms with Crippen LogP contribution in [0.1, 0.15) is 57.8 Å². The van der Waals surface area contributed by atoms with Gasteiger partial charge in [0.15, 0.2) is 5.96 Å². The molecule has 0 aromatic carbocycles. The molecule has 4 rings (SSSR count). The van der Waals surface area contributed by atoms with Gasteiger partial charge in [-0.15, -0.1) is 24.0 Å².